The van der Waals surface area contributed by atoms with Gasteiger partial charge < -0.3 is 0 Å². The third-order valence-corrected chi connectivity index (χ3v) is 2.72. The second kappa shape index (κ2) is 3.61. The van der Waals surface area contributed by atoms with Gasteiger partial charge in [-0.05, 0) is 18.2 Å². The molecule has 0 N–H and O–H groups in total. The number of hydrogen-bond acceptors (Lipinski definition) is 2. The van der Waals surface area contributed by atoms with Crippen LogP contribution in [0.15, 0.2) is 48.9 Å². The molecule has 3 rings (SSSR count). The van der Waals surface area contributed by atoms with Crippen molar-refractivity contribution >= 4 is 22.6 Å². The fourth-order valence-corrected chi connectivity index (χ4v) is 1.95. The molecule has 16 heavy (non-hydrogen) atoms. The number of pyridine rings is 1. The lowest BCUT2D eigenvalue weighted by molar-refractivity contribution is 1.09. The Morgan fingerprint density at radius 1 is 1.00 bits per heavy atom. The van der Waals surface area contributed by atoms with Crippen molar-refractivity contribution in [1.82, 2.24) is 14.5 Å². The van der Waals surface area contributed by atoms with E-state index >= 15 is 0 Å². The lowest BCUT2D eigenvalue weighted by Gasteiger charge is -2.03. The number of rotatable bonds is 1. The van der Waals surface area contributed by atoms with Gasteiger partial charge in [0.1, 0.15) is 11.8 Å². The quantitative estimate of drug-likeness (QED) is 0.601. The first kappa shape index (κ1) is 9.36. The molecular formula is C12H8ClN3. The van der Waals surface area contributed by atoms with Gasteiger partial charge in [0.15, 0.2) is 5.15 Å². The molecule has 2 aromatic heterocycles. The number of fused-ring (bicyclic) bond motifs is 1. The van der Waals surface area contributed by atoms with Gasteiger partial charge in [0.05, 0.1) is 5.52 Å². The van der Waals surface area contributed by atoms with Gasteiger partial charge in [0.25, 0.3) is 0 Å². The minimum atomic E-state index is 0.471. The van der Waals surface area contributed by atoms with Crippen molar-refractivity contribution in [3.8, 4) is 5.69 Å². The highest BCUT2D eigenvalue weighted by Crippen LogP contribution is 2.23. The van der Waals surface area contributed by atoms with Gasteiger partial charge in [-0.3, -0.25) is 4.57 Å². The average molecular weight is 230 g/mol. The molecule has 0 aliphatic carbocycles. The fraction of sp³-hybridized carbons (Fsp3) is 0. The van der Waals surface area contributed by atoms with Gasteiger partial charge in [-0.25, -0.2) is 9.97 Å². The van der Waals surface area contributed by atoms with Crippen molar-refractivity contribution < 1.29 is 0 Å². The Hall–Kier alpha value is -1.87. The van der Waals surface area contributed by atoms with Crippen LogP contribution in [-0.4, -0.2) is 14.5 Å². The molecule has 1 aromatic carbocycles. The van der Waals surface area contributed by atoms with Crippen molar-refractivity contribution in [2.75, 3.05) is 0 Å². The first-order valence-electron chi connectivity index (χ1n) is 4.89. The first-order valence-corrected chi connectivity index (χ1v) is 5.27. The van der Waals surface area contributed by atoms with Crippen LogP contribution in [0.25, 0.3) is 16.7 Å². The van der Waals surface area contributed by atoms with Crippen molar-refractivity contribution in [3.63, 3.8) is 0 Å². The van der Waals surface area contributed by atoms with Gasteiger partial charge in [-0.2, -0.15) is 0 Å². The summed E-state index contributed by atoms with van der Waals surface area (Å²) in [5.41, 5.74) is 2.72. The largest absolute Gasteiger partial charge is 0.296 e. The van der Waals surface area contributed by atoms with Crippen LogP contribution >= 0.6 is 11.6 Å². The third kappa shape index (κ3) is 1.37. The summed E-state index contributed by atoms with van der Waals surface area (Å²) in [4.78, 5) is 8.36. The molecule has 0 atom stereocenters. The standard InChI is InChI=1S/C12H8ClN3/c13-12-11-10(6-7-14-12)15-8-16(11)9-4-2-1-3-5-9/h1-8H. The molecule has 0 bridgehead atoms. The Labute approximate surface area is 97.3 Å². The van der Waals surface area contributed by atoms with E-state index in [-0.39, 0.29) is 0 Å². The molecule has 0 fully saturated rings. The van der Waals surface area contributed by atoms with Gasteiger partial charge in [0.2, 0.25) is 0 Å². The number of hydrogen-bond donors (Lipinski definition) is 0. The smallest absolute Gasteiger partial charge is 0.155 e. The summed E-state index contributed by atoms with van der Waals surface area (Å²) >= 11 is 6.08. The van der Waals surface area contributed by atoms with Crippen LogP contribution in [0.2, 0.25) is 5.15 Å². The fourth-order valence-electron chi connectivity index (χ4n) is 1.71. The Bertz CT molecular complexity index is 631. The highest BCUT2D eigenvalue weighted by atomic mass is 35.5. The van der Waals surface area contributed by atoms with E-state index in [4.69, 9.17) is 11.6 Å². The maximum Gasteiger partial charge on any atom is 0.155 e. The normalized spacial score (nSPS) is 10.8. The van der Waals surface area contributed by atoms with Crippen LogP contribution in [0, 0.1) is 0 Å². The van der Waals surface area contributed by atoms with Crippen LogP contribution in [0.5, 0.6) is 0 Å². The van der Waals surface area contributed by atoms with Crippen molar-refractivity contribution in [3.05, 3.63) is 54.1 Å². The molecule has 0 saturated carbocycles. The summed E-state index contributed by atoms with van der Waals surface area (Å²) in [7, 11) is 0. The molecule has 3 aromatic rings. The third-order valence-electron chi connectivity index (χ3n) is 2.45. The molecule has 3 nitrogen and oxygen atoms in total. The van der Waals surface area contributed by atoms with Gasteiger partial charge in [0, 0.05) is 11.9 Å². The molecule has 0 saturated heterocycles. The zero-order valence-electron chi connectivity index (χ0n) is 8.34. The van der Waals surface area contributed by atoms with Crippen molar-refractivity contribution in [2.45, 2.75) is 0 Å². The summed E-state index contributed by atoms with van der Waals surface area (Å²) < 4.78 is 1.94. The monoisotopic (exact) mass is 229 g/mol. The number of aromatic nitrogens is 3. The Morgan fingerprint density at radius 3 is 2.62 bits per heavy atom. The van der Waals surface area contributed by atoms with E-state index < -0.39 is 0 Å². The van der Waals surface area contributed by atoms with Gasteiger partial charge >= 0.3 is 0 Å². The summed E-state index contributed by atoms with van der Waals surface area (Å²) in [5.74, 6) is 0. The topological polar surface area (TPSA) is 30.7 Å². The molecular weight excluding hydrogens is 222 g/mol. The zero-order chi connectivity index (χ0) is 11.0. The van der Waals surface area contributed by atoms with E-state index in [2.05, 4.69) is 9.97 Å². The number of para-hydroxylation sites is 1. The summed E-state index contributed by atoms with van der Waals surface area (Å²) in [6.45, 7) is 0. The SMILES string of the molecule is Clc1nccc2ncn(-c3ccccc3)c12. The molecule has 0 unspecified atom stereocenters. The number of benzene rings is 1. The second-order valence-corrected chi connectivity index (χ2v) is 3.78. The van der Waals surface area contributed by atoms with Crippen LogP contribution < -0.4 is 0 Å². The van der Waals surface area contributed by atoms with E-state index in [9.17, 15) is 0 Å². The Morgan fingerprint density at radius 2 is 1.81 bits per heavy atom. The predicted molar refractivity (Wildman–Crippen MR) is 63.9 cm³/mol. The first-order chi connectivity index (χ1) is 7.86. The number of halogens is 1. The summed E-state index contributed by atoms with van der Waals surface area (Å²) in [5, 5.41) is 0.471. The van der Waals surface area contributed by atoms with Gasteiger partial charge in [-0.15, -0.1) is 0 Å². The molecule has 0 spiro atoms. The van der Waals surface area contributed by atoms with E-state index in [0.717, 1.165) is 16.7 Å². The Balaban J connectivity index is 2.33. The minimum Gasteiger partial charge on any atom is -0.296 e. The lowest BCUT2D eigenvalue weighted by atomic mass is 10.3. The molecule has 4 heteroatoms. The maximum atomic E-state index is 6.08. The summed E-state index contributed by atoms with van der Waals surface area (Å²) in [6, 6.07) is 11.8. The summed E-state index contributed by atoms with van der Waals surface area (Å²) in [6.07, 6.45) is 3.42. The molecule has 0 aliphatic rings. The van der Waals surface area contributed by atoms with Crippen LogP contribution in [-0.2, 0) is 0 Å². The molecule has 78 valence electrons. The molecule has 2 heterocycles. The van der Waals surface area contributed by atoms with E-state index in [1.165, 1.54) is 0 Å². The van der Waals surface area contributed by atoms with Crippen molar-refractivity contribution in [2.24, 2.45) is 0 Å². The van der Waals surface area contributed by atoms with Crippen LogP contribution in [0.4, 0.5) is 0 Å². The highest BCUT2D eigenvalue weighted by Gasteiger charge is 2.08. The number of imidazole rings is 1. The van der Waals surface area contributed by atoms with Gasteiger partial charge in [-0.1, -0.05) is 29.8 Å². The minimum absolute atomic E-state index is 0.471. The van der Waals surface area contributed by atoms with Crippen molar-refractivity contribution in [1.29, 1.82) is 0 Å². The molecule has 0 aliphatic heterocycles. The zero-order valence-corrected chi connectivity index (χ0v) is 9.09. The lowest BCUT2D eigenvalue weighted by Crippen LogP contribution is -1.92. The average Bonchev–Trinajstić information content (AvgIpc) is 2.75. The molecule has 0 amide bonds. The van der Waals surface area contributed by atoms with E-state index in [0.29, 0.717) is 5.15 Å². The van der Waals surface area contributed by atoms with E-state index in [1.807, 2.05) is 41.0 Å². The van der Waals surface area contributed by atoms with Crippen LogP contribution in [0.1, 0.15) is 0 Å². The molecule has 0 radical (unpaired) electrons. The predicted octanol–water partition coefficient (Wildman–Crippen LogP) is 3.07. The number of nitrogens with zero attached hydrogens (tertiary/aromatic N) is 3. The maximum absolute atomic E-state index is 6.08. The second-order valence-electron chi connectivity index (χ2n) is 3.42. The van der Waals surface area contributed by atoms with Crippen LogP contribution in [0.3, 0.4) is 0 Å². The Kier molecular flexibility index (Phi) is 2.11. The highest BCUT2D eigenvalue weighted by molar-refractivity contribution is 6.33. The van der Waals surface area contributed by atoms with E-state index in [1.54, 1.807) is 12.5 Å².